The van der Waals surface area contributed by atoms with Crippen molar-refractivity contribution in [1.29, 1.82) is 0 Å². The minimum atomic E-state index is 0.301. The molecule has 0 radical (unpaired) electrons. The predicted molar refractivity (Wildman–Crippen MR) is 68.8 cm³/mol. The minimum absolute atomic E-state index is 0.301. The Bertz CT molecular complexity index is 298. The summed E-state index contributed by atoms with van der Waals surface area (Å²) in [6.07, 6.45) is 2.37. The fourth-order valence-electron chi connectivity index (χ4n) is 1.68. The third-order valence-electron chi connectivity index (χ3n) is 3.84. The lowest BCUT2D eigenvalue weighted by molar-refractivity contribution is -0.482. The molecule has 1 aromatic carbocycles. The lowest BCUT2D eigenvalue weighted by atomic mass is 9.81. The van der Waals surface area contributed by atoms with Crippen LogP contribution in [0.2, 0.25) is 0 Å². The summed E-state index contributed by atoms with van der Waals surface area (Å²) in [5, 5.41) is 0. The molecule has 0 amide bonds. The number of rotatable bonds is 4. The fraction of sp³-hybridized carbons (Fsp3) is 0.600. The Kier molecular flexibility index (Phi) is 4.44. The van der Waals surface area contributed by atoms with Crippen LogP contribution in [0.1, 0.15) is 58.6 Å². The summed E-state index contributed by atoms with van der Waals surface area (Å²) in [6.45, 7) is 11.5. The highest BCUT2D eigenvalue weighted by atomic mass is 127. The van der Waals surface area contributed by atoms with E-state index in [9.17, 15) is 0 Å². The maximum Gasteiger partial charge on any atom is 0.263 e. The number of alkyl halides is 1. The average Bonchev–Trinajstić information content (AvgIpc) is 2.29. The van der Waals surface area contributed by atoms with Crippen molar-refractivity contribution in [3.63, 3.8) is 0 Å². The van der Waals surface area contributed by atoms with Crippen LogP contribution in [0, 0.1) is 0 Å². The van der Waals surface area contributed by atoms with Gasteiger partial charge < -0.3 is 0 Å². The van der Waals surface area contributed by atoms with Crippen molar-refractivity contribution in [3.05, 3.63) is 35.4 Å². The molecule has 0 aromatic heterocycles. The van der Waals surface area contributed by atoms with Gasteiger partial charge in [0.05, 0.1) is 0 Å². The molecular weight excluding hydrogens is 307 g/mol. The summed E-state index contributed by atoms with van der Waals surface area (Å²) in [4.78, 5) is 0. The normalized spacial score (nSPS) is 15.9. The topological polar surface area (TPSA) is 0 Å². The summed E-state index contributed by atoms with van der Waals surface area (Å²) in [7, 11) is 0. The molecule has 16 heavy (non-hydrogen) atoms. The lowest BCUT2D eigenvalue weighted by Gasteiger charge is -2.24. The van der Waals surface area contributed by atoms with E-state index >= 15 is 0 Å². The Morgan fingerprint density at radius 2 is 1.31 bits per heavy atom. The summed E-state index contributed by atoms with van der Waals surface area (Å²) in [5.41, 5.74) is 3.21. The van der Waals surface area contributed by atoms with Gasteiger partial charge in [-0.15, -0.1) is 0 Å². The molecule has 0 heterocycles. The molecule has 1 heteroatoms. The van der Waals surface area contributed by atoms with Crippen molar-refractivity contribution in [2.24, 2.45) is 0 Å². The van der Waals surface area contributed by atoms with Gasteiger partial charge >= 0.3 is 0 Å². The first kappa shape index (κ1) is 14.0. The fourth-order valence-corrected chi connectivity index (χ4v) is 2.07. The molecule has 0 N–H and O–H groups in total. The smallest absolute Gasteiger partial charge is 0.0646 e. The Morgan fingerprint density at radius 3 is 1.69 bits per heavy atom. The van der Waals surface area contributed by atoms with Gasteiger partial charge in [0.15, 0.2) is 3.42 Å². The molecule has 0 aliphatic heterocycles. The highest BCUT2D eigenvalue weighted by Crippen LogP contribution is 2.28. The van der Waals surface area contributed by atoms with Crippen molar-refractivity contribution < 1.29 is 22.6 Å². The Labute approximate surface area is 114 Å². The van der Waals surface area contributed by atoms with E-state index in [1.165, 1.54) is 24.0 Å². The predicted octanol–water partition coefficient (Wildman–Crippen LogP) is 1.28. The molecule has 1 unspecified atom stereocenters. The van der Waals surface area contributed by atoms with Gasteiger partial charge in [0.25, 0.3) is 22.6 Å². The average molecular weight is 331 g/mol. The molecule has 0 saturated carbocycles. The van der Waals surface area contributed by atoms with Crippen LogP contribution in [-0.2, 0) is 8.84 Å². The summed E-state index contributed by atoms with van der Waals surface area (Å²) in [6, 6.07) is 9.22. The van der Waals surface area contributed by atoms with E-state index in [0.717, 1.165) is 0 Å². The van der Waals surface area contributed by atoms with Crippen molar-refractivity contribution in [1.82, 2.24) is 0 Å². The maximum atomic E-state index is 2.32. The van der Waals surface area contributed by atoms with Gasteiger partial charge in [0.1, 0.15) is 0 Å². The summed E-state index contributed by atoms with van der Waals surface area (Å²) < 4.78 is 0.310. The van der Waals surface area contributed by atoms with E-state index in [4.69, 9.17) is 0 Å². The largest absolute Gasteiger partial charge is 0.263 e. The van der Waals surface area contributed by atoms with Gasteiger partial charge in [-0.2, -0.15) is 0 Å². The van der Waals surface area contributed by atoms with Gasteiger partial charge in [0, 0.05) is 5.56 Å². The second kappa shape index (κ2) is 5.07. The van der Waals surface area contributed by atoms with Crippen molar-refractivity contribution in [2.75, 3.05) is 0 Å². The Balaban J connectivity index is 3.00. The van der Waals surface area contributed by atoms with Crippen LogP contribution in [0.5, 0.6) is 0 Å². The van der Waals surface area contributed by atoms with Crippen LogP contribution < -0.4 is 22.6 Å². The van der Waals surface area contributed by atoms with Gasteiger partial charge in [-0.05, 0) is 30.7 Å². The van der Waals surface area contributed by atoms with E-state index in [1.807, 2.05) is 0 Å². The first-order valence-corrected chi connectivity index (χ1v) is 7.31. The molecule has 1 aromatic rings. The van der Waals surface area contributed by atoms with Crippen LogP contribution in [-0.4, -0.2) is 0 Å². The molecule has 0 fully saturated rings. The Hall–Kier alpha value is -0.0500. The van der Waals surface area contributed by atoms with Gasteiger partial charge in [0.2, 0.25) is 0 Å². The minimum Gasteiger partial charge on any atom is -0.0646 e. The molecule has 1 atom stereocenters. The number of benzene rings is 1. The number of hydrogen-bond donors (Lipinski definition) is 0. The lowest BCUT2D eigenvalue weighted by Crippen LogP contribution is -3.41. The van der Waals surface area contributed by atoms with Crippen molar-refractivity contribution >= 4 is 0 Å². The standard InChI is InChI=1S/C15H24I/c1-6-14(3,4)12-8-10-13(11-9-12)15(5,16)7-2/h8-11,16H,6-7H2,1-5H3/q+1. The second-order valence-corrected chi connectivity index (χ2v) is 7.97. The highest BCUT2D eigenvalue weighted by Gasteiger charge is 2.30. The third kappa shape index (κ3) is 2.99. The molecule has 90 valence electrons. The van der Waals surface area contributed by atoms with E-state index in [0.29, 0.717) is 8.84 Å². The quantitative estimate of drug-likeness (QED) is 0.576. The number of halogens is 1. The van der Waals surface area contributed by atoms with Crippen LogP contribution in [0.4, 0.5) is 0 Å². The molecule has 0 saturated heterocycles. The zero-order chi connectivity index (χ0) is 12.4. The monoisotopic (exact) mass is 331 g/mol. The van der Waals surface area contributed by atoms with E-state index in [-0.39, 0.29) is 0 Å². The molecule has 0 aliphatic carbocycles. The van der Waals surface area contributed by atoms with Gasteiger partial charge in [-0.3, -0.25) is 0 Å². The third-order valence-corrected chi connectivity index (χ3v) is 5.33. The Morgan fingerprint density at radius 1 is 0.875 bits per heavy atom. The molecule has 0 spiro atoms. The second-order valence-electron chi connectivity index (χ2n) is 5.40. The highest BCUT2D eigenvalue weighted by molar-refractivity contribution is 5.30. The molecule has 0 aliphatic rings. The number of hydrogen-bond acceptors (Lipinski definition) is 0. The maximum absolute atomic E-state index is 2.32. The van der Waals surface area contributed by atoms with Gasteiger partial charge in [-0.1, -0.05) is 52.0 Å². The van der Waals surface area contributed by atoms with Crippen LogP contribution in [0.3, 0.4) is 0 Å². The molecule has 0 bridgehead atoms. The summed E-state index contributed by atoms with van der Waals surface area (Å²) in [5.74, 6) is 0. The summed E-state index contributed by atoms with van der Waals surface area (Å²) >= 11 is 2.23. The van der Waals surface area contributed by atoms with Crippen LogP contribution in [0.25, 0.3) is 0 Å². The first-order valence-electron chi connectivity index (χ1n) is 6.15. The first-order chi connectivity index (χ1) is 7.33. The molecule has 1 rings (SSSR count). The SMILES string of the molecule is CCC(C)(C)c1ccc(C(C)([IH+])CC)cc1. The van der Waals surface area contributed by atoms with Crippen LogP contribution >= 0.6 is 0 Å². The van der Waals surface area contributed by atoms with E-state index in [2.05, 4.69) is 81.5 Å². The van der Waals surface area contributed by atoms with E-state index in [1.54, 1.807) is 0 Å². The van der Waals surface area contributed by atoms with Crippen LogP contribution in [0.15, 0.2) is 24.3 Å². The van der Waals surface area contributed by atoms with E-state index < -0.39 is 0 Å². The zero-order valence-electron chi connectivity index (χ0n) is 11.1. The molecule has 0 nitrogen and oxygen atoms in total. The van der Waals surface area contributed by atoms with Gasteiger partial charge in [-0.25, -0.2) is 0 Å². The zero-order valence-corrected chi connectivity index (χ0v) is 13.5. The van der Waals surface area contributed by atoms with Crippen molar-refractivity contribution in [2.45, 2.75) is 56.3 Å². The van der Waals surface area contributed by atoms with Crippen molar-refractivity contribution in [3.8, 4) is 0 Å². The molecular formula is C15H24I+.